The summed E-state index contributed by atoms with van der Waals surface area (Å²) in [6.07, 6.45) is 0. The molecule has 30 heavy (non-hydrogen) atoms. The molecule has 0 aliphatic rings. The number of nitrogens with zero attached hydrogens (tertiary/aromatic N) is 1. The maximum absolute atomic E-state index is 12.5. The molecule has 0 saturated heterocycles. The van der Waals surface area contributed by atoms with E-state index in [1.165, 1.54) is 24.3 Å². The highest BCUT2D eigenvalue weighted by Gasteiger charge is 2.20. The molecule has 0 aliphatic heterocycles. The third kappa shape index (κ3) is 5.68. The molecule has 0 bridgehead atoms. The smallest absolute Gasteiger partial charge is 0.264 e. The zero-order valence-corrected chi connectivity index (χ0v) is 17.4. The fourth-order valence-corrected chi connectivity index (χ4v) is 4.39. The molecule has 2 N–H and O–H groups in total. The molecule has 3 aromatic rings. The van der Waals surface area contributed by atoms with Gasteiger partial charge in [0.25, 0.3) is 15.9 Å². The van der Waals surface area contributed by atoms with Gasteiger partial charge in [-0.05, 0) is 47.6 Å². The first-order valence-corrected chi connectivity index (χ1v) is 11.5. The predicted octanol–water partition coefficient (Wildman–Crippen LogP) is 4.41. The SMILES string of the molecule is O=Nc1cc(S(=O)(=O)NC(=O)c2ccccc2)ccc1NCCSc1ccccc1. The van der Waals surface area contributed by atoms with Crippen LogP contribution in [0.2, 0.25) is 0 Å². The molecule has 3 aromatic carbocycles. The second-order valence-corrected chi connectivity index (χ2v) is 9.01. The van der Waals surface area contributed by atoms with Gasteiger partial charge in [0, 0.05) is 22.8 Å². The van der Waals surface area contributed by atoms with Gasteiger partial charge in [-0.15, -0.1) is 16.7 Å². The highest BCUT2D eigenvalue weighted by atomic mass is 32.2. The van der Waals surface area contributed by atoms with E-state index in [0.29, 0.717) is 12.2 Å². The van der Waals surface area contributed by atoms with Crippen molar-refractivity contribution in [2.45, 2.75) is 9.79 Å². The number of rotatable bonds is 9. The van der Waals surface area contributed by atoms with Gasteiger partial charge in [-0.1, -0.05) is 36.4 Å². The Morgan fingerprint density at radius 3 is 2.27 bits per heavy atom. The van der Waals surface area contributed by atoms with Crippen LogP contribution in [-0.4, -0.2) is 26.6 Å². The molecule has 0 aliphatic carbocycles. The van der Waals surface area contributed by atoms with Crippen molar-refractivity contribution in [2.75, 3.05) is 17.6 Å². The first-order valence-electron chi connectivity index (χ1n) is 9.01. The zero-order valence-electron chi connectivity index (χ0n) is 15.8. The van der Waals surface area contributed by atoms with Crippen LogP contribution in [0.3, 0.4) is 0 Å². The van der Waals surface area contributed by atoms with Gasteiger partial charge in [-0.2, -0.15) is 0 Å². The van der Waals surface area contributed by atoms with Crippen molar-refractivity contribution < 1.29 is 13.2 Å². The van der Waals surface area contributed by atoms with E-state index >= 15 is 0 Å². The van der Waals surface area contributed by atoms with Gasteiger partial charge in [0.1, 0.15) is 5.69 Å². The van der Waals surface area contributed by atoms with Crippen molar-refractivity contribution in [1.29, 1.82) is 0 Å². The number of benzene rings is 3. The molecule has 154 valence electrons. The van der Waals surface area contributed by atoms with Crippen LogP contribution < -0.4 is 10.0 Å². The second-order valence-electron chi connectivity index (χ2n) is 6.16. The minimum Gasteiger partial charge on any atom is -0.382 e. The van der Waals surface area contributed by atoms with E-state index < -0.39 is 15.9 Å². The molecule has 1 amide bonds. The molecular formula is C21H19N3O4S2. The standard InChI is InChI=1S/C21H19N3O4S2/c25-21(16-7-3-1-4-8-16)24-30(27,28)18-11-12-19(20(15-18)23-26)22-13-14-29-17-9-5-2-6-10-17/h1-12,15,22H,13-14H2,(H,24,25). The minimum atomic E-state index is -4.15. The summed E-state index contributed by atoms with van der Waals surface area (Å²) >= 11 is 1.65. The first kappa shape index (κ1) is 21.5. The van der Waals surface area contributed by atoms with Crippen molar-refractivity contribution >= 4 is 39.1 Å². The van der Waals surface area contributed by atoms with Gasteiger partial charge in [-0.3, -0.25) is 4.79 Å². The average molecular weight is 442 g/mol. The van der Waals surface area contributed by atoms with Crippen LogP contribution in [0.5, 0.6) is 0 Å². The summed E-state index contributed by atoms with van der Waals surface area (Å²) in [5.41, 5.74) is 0.589. The Labute approximate surface area is 178 Å². The Morgan fingerprint density at radius 1 is 0.933 bits per heavy atom. The van der Waals surface area contributed by atoms with Gasteiger partial charge in [0.15, 0.2) is 0 Å². The third-order valence-electron chi connectivity index (χ3n) is 4.07. The van der Waals surface area contributed by atoms with Crippen molar-refractivity contribution in [3.05, 3.63) is 89.3 Å². The van der Waals surface area contributed by atoms with E-state index in [0.717, 1.165) is 16.7 Å². The molecule has 0 saturated carbocycles. The van der Waals surface area contributed by atoms with Crippen molar-refractivity contribution in [1.82, 2.24) is 4.72 Å². The Morgan fingerprint density at radius 2 is 1.60 bits per heavy atom. The summed E-state index contributed by atoms with van der Waals surface area (Å²) in [4.78, 5) is 24.3. The van der Waals surface area contributed by atoms with Gasteiger partial charge in [-0.25, -0.2) is 13.1 Å². The van der Waals surface area contributed by atoms with E-state index in [4.69, 9.17) is 0 Å². The predicted molar refractivity (Wildman–Crippen MR) is 119 cm³/mol. The Kier molecular flexibility index (Phi) is 7.21. The van der Waals surface area contributed by atoms with Crippen LogP contribution in [0.15, 0.2) is 93.8 Å². The van der Waals surface area contributed by atoms with E-state index in [9.17, 15) is 18.1 Å². The molecule has 0 unspecified atom stereocenters. The molecule has 0 radical (unpaired) electrons. The van der Waals surface area contributed by atoms with E-state index in [-0.39, 0.29) is 16.1 Å². The van der Waals surface area contributed by atoms with Crippen LogP contribution in [0.4, 0.5) is 11.4 Å². The molecule has 3 rings (SSSR count). The maximum Gasteiger partial charge on any atom is 0.264 e. The quantitative estimate of drug-likeness (QED) is 0.290. The number of anilines is 1. The number of amides is 1. The van der Waals surface area contributed by atoms with Gasteiger partial charge in [0.05, 0.1) is 10.6 Å². The van der Waals surface area contributed by atoms with Crippen molar-refractivity contribution in [3.63, 3.8) is 0 Å². The number of sulfonamides is 1. The number of carbonyl (C=O) groups excluding carboxylic acids is 1. The van der Waals surface area contributed by atoms with Crippen LogP contribution in [0, 0.1) is 4.91 Å². The highest BCUT2D eigenvalue weighted by Crippen LogP contribution is 2.28. The number of thioether (sulfide) groups is 1. The zero-order chi connectivity index (χ0) is 21.4. The summed E-state index contributed by atoms with van der Waals surface area (Å²) in [7, 11) is -4.15. The van der Waals surface area contributed by atoms with Crippen molar-refractivity contribution in [2.24, 2.45) is 5.18 Å². The monoisotopic (exact) mass is 441 g/mol. The summed E-state index contributed by atoms with van der Waals surface area (Å²) in [5, 5.41) is 6.01. The molecular weight excluding hydrogens is 422 g/mol. The van der Waals surface area contributed by atoms with Gasteiger partial charge < -0.3 is 5.32 Å². The normalized spacial score (nSPS) is 10.9. The number of hydrogen-bond acceptors (Lipinski definition) is 7. The lowest BCUT2D eigenvalue weighted by atomic mass is 10.2. The lowest BCUT2D eigenvalue weighted by molar-refractivity contribution is 0.0981. The van der Waals surface area contributed by atoms with Gasteiger partial charge >= 0.3 is 0 Å². The summed E-state index contributed by atoms with van der Waals surface area (Å²) < 4.78 is 27.0. The summed E-state index contributed by atoms with van der Waals surface area (Å²) in [5.74, 6) is -0.00785. The Bertz CT molecular complexity index is 1120. The topological polar surface area (TPSA) is 105 Å². The maximum atomic E-state index is 12.5. The fraction of sp³-hybridized carbons (Fsp3) is 0.0952. The lowest BCUT2D eigenvalue weighted by Crippen LogP contribution is -2.30. The molecule has 0 heterocycles. The second kappa shape index (κ2) is 10.0. The van der Waals surface area contributed by atoms with Crippen LogP contribution in [0.25, 0.3) is 0 Å². The minimum absolute atomic E-state index is 0.0465. The van der Waals surface area contributed by atoms with Crippen LogP contribution in [-0.2, 0) is 10.0 Å². The average Bonchev–Trinajstić information content (AvgIpc) is 2.77. The largest absolute Gasteiger partial charge is 0.382 e. The number of carbonyl (C=O) groups is 1. The van der Waals surface area contributed by atoms with E-state index in [1.54, 1.807) is 30.0 Å². The number of nitroso groups, excluding NO2 is 1. The Hall–Kier alpha value is -3.17. The third-order valence-corrected chi connectivity index (χ3v) is 6.41. The van der Waals surface area contributed by atoms with E-state index in [2.05, 4.69) is 10.5 Å². The number of hydrogen-bond donors (Lipinski definition) is 2. The van der Waals surface area contributed by atoms with Gasteiger partial charge in [0.2, 0.25) is 0 Å². The van der Waals surface area contributed by atoms with Crippen LogP contribution >= 0.6 is 11.8 Å². The Balaban J connectivity index is 1.65. The van der Waals surface area contributed by atoms with Crippen LogP contribution in [0.1, 0.15) is 10.4 Å². The highest BCUT2D eigenvalue weighted by molar-refractivity contribution is 7.99. The lowest BCUT2D eigenvalue weighted by Gasteiger charge is -2.11. The molecule has 0 atom stereocenters. The molecule has 0 aromatic heterocycles. The van der Waals surface area contributed by atoms with Crippen molar-refractivity contribution in [3.8, 4) is 0 Å². The fourth-order valence-electron chi connectivity index (χ4n) is 2.60. The molecule has 7 nitrogen and oxygen atoms in total. The molecule has 0 fully saturated rings. The molecule has 0 spiro atoms. The molecule has 9 heteroatoms. The van der Waals surface area contributed by atoms with E-state index in [1.807, 2.05) is 35.1 Å². The first-order chi connectivity index (χ1) is 14.5. The summed E-state index contributed by atoms with van der Waals surface area (Å²) in [6.45, 7) is 0.554. The summed E-state index contributed by atoms with van der Waals surface area (Å²) in [6, 6.07) is 21.8. The number of nitrogens with one attached hydrogen (secondary N) is 2.